The monoisotopic (exact) mass is 517 g/mol. The molecule has 2 amide bonds. The van der Waals surface area contributed by atoms with Crippen molar-refractivity contribution in [2.45, 2.75) is 24.1 Å². The lowest BCUT2D eigenvalue weighted by Gasteiger charge is -2.27. The zero-order valence-electron chi connectivity index (χ0n) is 20.5. The fourth-order valence-corrected chi connectivity index (χ4v) is 4.91. The van der Waals surface area contributed by atoms with E-state index >= 15 is 0 Å². The molecule has 192 valence electrons. The molecule has 1 aromatic heterocycles. The number of rotatable bonds is 9. The van der Waals surface area contributed by atoms with Gasteiger partial charge in [0.2, 0.25) is 5.91 Å². The number of hydrogen-bond acceptors (Lipinski definition) is 4. The molecule has 2 aromatic carbocycles. The summed E-state index contributed by atoms with van der Waals surface area (Å²) in [6.07, 6.45) is 8.23. The Morgan fingerprint density at radius 3 is 2.11 bits per heavy atom. The Morgan fingerprint density at radius 1 is 1.00 bits per heavy atom. The van der Waals surface area contributed by atoms with Gasteiger partial charge in [0.15, 0.2) is 5.43 Å². The van der Waals surface area contributed by atoms with Gasteiger partial charge in [-0.2, -0.15) is 0 Å². The third-order valence-corrected chi connectivity index (χ3v) is 6.87. The summed E-state index contributed by atoms with van der Waals surface area (Å²) in [4.78, 5) is 37.3. The molecule has 0 radical (unpaired) electrons. The summed E-state index contributed by atoms with van der Waals surface area (Å²) in [5.41, 5.74) is 1.08. The van der Waals surface area contributed by atoms with Gasteiger partial charge in [0.25, 0.3) is 5.91 Å². The molecule has 3 rings (SSSR count). The first kappa shape index (κ1) is 27.1. The van der Waals surface area contributed by atoms with Gasteiger partial charge in [-0.25, -0.2) is 18.8 Å². The van der Waals surface area contributed by atoms with Gasteiger partial charge in [-0.15, -0.1) is 0 Å². The van der Waals surface area contributed by atoms with E-state index in [4.69, 9.17) is 4.74 Å². The molecule has 0 bridgehead atoms. The second-order valence-electron chi connectivity index (χ2n) is 8.98. The van der Waals surface area contributed by atoms with Crippen molar-refractivity contribution in [3.8, 4) is 0 Å². The van der Waals surface area contributed by atoms with Gasteiger partial charge < -0.3 is 19.9 Å². The highest BCUT2D eigenvalue weighted by Crippen LogP contribution is 2.48. The largest absolute Gasteiger partial charge is 0.380 e. The highest BCUT2D eigenvalue weighted by molar-refractivity contribution is 8.32. The van der Waals surface area contributed by atoms with E-state index in [1.807, 2.05) is 0 Å². The van der Waals surface area contributed by atoms with Gasteiger partial charge in [0.1, 0.15) is 24.2 Å². The van der Waals surface area contributed by atoms with E-state index in [9.17, 15) is 23.2 Å². The van der Waals surface area contributed by atoms with Crippen molar-refractivity contribution in [1.29, 1.82) is 0 Å². The minimum Gasteiger partial charge on any atom is -0.380 e. The highest BCUT2D eigenvalue weighted by Gasteiger charge is 2.25. The first-order chi connectivity index (χ1) is 17.0. The molecule has 10 heteroatoms. The van der Waals surface area contributed by atoms with Crippen molar-refractivity contribution in [1.82, 2.24) is 9.88 Å². The van der Waals surface area contributed by atoms with Gasteiger partial charge in [-0.1, -0.05) is 24.3 Å². The van der Waals surface area contributed by atoms with Crippen LogP contribution in [0.3, 0.4) is 0 Å². The molecule has 1 atom stereocenters. The van der Waals surface area contributed by atoms with E-state index in [1.54, 1.807) is 50.1 Å². The van der Waals surface area contributed by atoms with Crippen molar-refractivity contribution in [2.24, 2.45) is 0 Å². The Morgan fingerprint density at radius 2 is 1.58 bits per heavy atom. The average Bonchev–Trinajstić information content (AvgIpc) is 2.78. The van der Waals surface area contributed by atoms with E-state index in [1.165, 1.54) is 29.1 Å². The summed E-state index contributed by atoms with van der Waals surface area (Å²) in [7, 11) is -0.116. The number of carbonyl (C=O) groups is 2. The third kappa shape index (κ3) is 7.02. The van der Waals surface area contributed by atoms with Crippen LogP contribution in [0, 0.1) is 11.6 Å². The maximum atomic E-state index is 14.7. The van der Waals surface area contributed by atoms with Gasteiger partial charge in [0.05, 0.1) is 11.5 Å². The number of carbonyl (C=O) groups excluding carboxylic acids is 2. The number of ether oxygens (including phenoxy) is 1. The number of anilines is 1. The minimum absolute atomic E-state index is 0.000191. The van der Waals surface area contributed by atoms with Crippen LogP contribution in [0.15, 0.2) is 70.6 Å². The molecular weight excluding hydrogens is 488 g/mol. The number of amides is 2. The molecule has 0 aliphatic carbocycles. The van der Waals surface area contributed by atoms with Crippen LogP contribution in [0.25, 0.3) is 0 Å². The molecule has 7 nitrogen and oxygen atoms in total. The van der Waals surface area contributed by atoms with Crippen molar-refractivity contribution < 1.29 is 23.1 Å². The van der Waals surface area contributed by atoms with E-state index in [2.05, 4.69) is 10.6 Å². The average molecular weight is 518 g/mol. The van der Waals surface area contributed by atoms with Crippen molar-refractivity contribution in [3.05, 3.63) is 93.9 Å². The van der Waals surface area contributed by atoms with Gasteiger partial charge >= 0.3 is 0 Å². The summed E-state index contributed by atoms with van der Waals surface area (Å²) in [6.45, 7) is 0.231. The molecule has 1 heterocycles. The van der Waals surface area contributed by atoms with Crippen LogP contribution in [0.1, 0.15) is 17.2 Å². The standard InChI is InChI=1S/C26H29F2N3O4S/c1-35-16-17-5-7-18(8-6-17)24(30-23(33)15-31-11-9-20(32)10-12-31)26(34)29-19-13-21(27)25(22(28)14-19)36(2,3)4/h5-14,24H,15-16H2,1-4H3,(H,29,34)(H,30,33)/t24-/m1/s1. The fraction of sp³-hybridized carbons (Fsp3) is 0.269. The number of aromatic nitrogens is 1. The lowest BCUT2D eigenvalue weighted by Crippen LogP contribution is -2.38. The molecule has 0 saturated heterocycles. The first-order valence-electron chi connectivity index (χ1n) is 11.0. The molecule has 0 fully saturated rings. The number of methoxy groups -OCH3 is 1. The molecule has 36 heavy (non-hydrogen) atoms. The van der Waals surface area contributed by atoms with E-state index in [0.29, 0.717) is 12.2 Å². The lowest BCUT2D eigenvalue weighted by molar-refractivity contribution is -0.127. The van der Waals surface area contributed by atoms with Crippen LogP contribution in [0.2, 0.25) is 0 Å². The van der Waals surface area contributed by atoms with Crippen LogP contribution >= 0.6 is 10.0 Å². The Labute approximate surface area is 209 Å². The molecule has 0 aliphatic heterocycles. The predicted molar refractivity (Wildman–Crippen MR) is 137 cm³/mol. The zero-order chi connectivity index (χ0) is 26.5. The third-order valence-electron chi connectivity index (χ3n) is 5.26. The maximum Gasteiger partial charge on any atom is 0.251 e. The second-order valence-corrected chi connectivity index (χ2v) is 13.1. The van der Waals surface area contributed by atoms with Crippen LogP contribution in [-0.4, -0.2) is 42.3 Å². The molecule has 0 saturated carbocycles. The first-order valence-corrected chi connectivity index (χ1v) is 13.8. The normalized spacial score (nSPS) is 12.6. The number of nitrogens with zero attached hydrogens (tertiary/aromatic N) is 1. The quantitative estimate of drug-likeness (QED) is 0.452. The van der Waals surface area contributed by atoms with Crippen molar-refractivity contribution in [2.75, 3.05) is 31.2 Å². The predicted octanol–water partition coefficient (Wildman–Crippen LogP) is 3.82. The summed E-state index contributed by atoms with van der Waals surface area (Å²) in [6, 6.07) is 10.5. The maximum absolute atomic E-state index is 14.7. The lowest BCUT2D eigenvalue weighted by atomic mass is 10.0. The number of halogens is 2. The van der Waals surface area contributed by atoms with E-state index < -0.39 is 39.5 Å². The summed E-state index contributed by atoms with van der Waals surface area (Å²) in [5, 5.41) is 5.19. The van der Waals surface area contributed by atoms with Crippen molar-refractivity contribution >= 4 is 27.5 Å². The van der Waals surface area contributed by atoms with E-state index in [-0.39, 0.29) is 22.6 Å². The Bertz CT molecular complexity index is 1260. The van der Waals surface area contributed by atoms with Crippen LogP contribution in [0.5, 0.6) is 0 Å². The van der Waals surface area contributed by atoms with Crippen molar-refractivity contribution in [3.63, 3.8) is 0 Å². The van der Waals surface area contributed by atoms with Crippen LogP contribution < -0.4 is 16.1 Å². The molecule has 0 unspecified atom stereocenters. The summed E-state index contributed by atoms with van der Waals surface area (Å²) in [5.74, 6) is -2.65. The number of nitrogens with one attached hydrogen (secondary N) is 2. The molecule has 0 spiro atoms. The second kappa shape index (κ2) is 11.5. The number of pyridine rings is 1. The topological polar surface area (TPSA) is 89.4 Å². The number of hydrogen-bond donors (Lipinski definition) is 2. The Kier molecular flexibility index (Phi) is 8.65. The highest BCUT2D eigenvalue weighted by atomic mass is 32.3. The van der Waals surface area contributed by atoms with Gasteiger partial charge in [-0.3, -0.25) is 14.4 Å². The van der Waals surface area contributed by atoms with Gasteiger partial charge in [-0.05, 0) is 42.0 Å². The molecule has 0 aliphatic rings. The van der Waals surface area contributed by atoms with Crippen LogP contribution in [-0.2, 0) is 27.5 Å². The zero-order valence-corrected chi connectivity index (χ0v) is 21.3. The molecular formula is C26H29F2N3O4S. The van der Waals surface area contributed by atoms with Crippen LogP contribution in [0.4, 0.5) is 14.5 Å². The Balaban J connectivity index is 1.86. The smallest absolute Gasteiger partial charge is 0.251 e. The van der Waals surface area contributed by atoms with Gasteiger partial charge in [0, 0.05) is 37.3 Å². The molecule has 2 N–H and O–H groups in total. The van der Waals surface area contributed by atoms with E-state index in [0.717, 1.165) is 17.7 Å². The Hall–Kier alpha value is -3.50. The fourth-order valence-electron chi connectivity index (χ4n) is 3.63. The molecule has 3 aromatic rings. The SMILES string of the molecule is COCc1ccc([C@@H](NC(=O)Cn2ccc(=O)cc2)C(=O)Nc2cc(F)c(S(C)(C)C)c(F)c2)cc1. The number of benzene rings is 2. The summed E-state index contributed by atoms with van der Waals surface area (Å²) >= 11 is 0. The summed E-state index contributed by atoms with van der Waals surface area (Å²) < 4.78 is 36.0. The minimum atomic E-state index is -1.68.